The molecule has 2 aliphatic rings. The summed E-state index contributed by atoms with van der Waals surface area (Å²) in [5.74, 6) is 0. The number of rotatable bonds is 5. The van der Waals surface area contributed by atoms with Crippen LogP contribution in [0.4, 0.5) is 0 Å². The van der Waals surface area contributed by atoms with Crippen molar-refractivity contribution in [3.8, 4) is 11.1 Å². The summed E-state index contributed by atoms with van der Waals surface area (Å²) in [6.07, 6.45) is 8.02. The first-order valence-electron chi connectivity index (χ1n) is 13.5. The topological polar surface area (TPSA) is 0 Å². The molecule has 0 nitrogen and oxygen atoms in total. The molecule has 0 aliphatic heterocycles. The van der Waals surface area contributed by atoms with Crippen molar-refractivity contribution < 1.29 is 17.4 Å². The number of fused-ring (bicyclic) bond motifs is 4. The fourth-order valence-electron chi connectivity index (χ4n) is 5.76. The molecule has 0 fully saturated rings. The maximum Gasteiger partial charge on any atom is -0.0238 e. The first kappa shape index (κ1) is 24.7. The molecule has 5 aromatic rings. The molecule has 0 amide bonds. The number of hydrogen-bond donors (Lipinski definition) is 0. The third-order valence-electron chi connectivity index (χ3n) is 7.76. The van der Waals surface area contributed by atoms with Gasteiger partial charge in [0.15, 0.2) is 0 Å². The van der Waals surface area contributed by atoms with Gasteiger partial charge in [0.1, 0.15) is 0 Å². The van der Waals surface area contributed by atoms with Gasteiger partial charge in [-0.2, -0.15) is 0 Å². The molecule has 1 unspecified atom stereocenters. The number of aryl methyl sites for hydroxylation is 2. The molecule has 1 heteroatoms. The van der Waals surface area contributed by atoms with E-state index in [1.165, 1.54) is 38.9 Å². The van der Waals surface area contributed by atoms with E-state index in [9.17, 15) is 0 Å². The Morgan fingerprint density at radius 3 is 1.95 bits per heavy atom. The standard InChI is InChI=1S/C14H14.C13H9.C9H7.CH2.Ti/c1-3-7-13(8-4-1)11-12-14-9-5-2-6-10-14;1-3-7-12-10(5-1)9-11-6-2-4-8-13(11)12;1-2-5-9-7-3-6-8(9)4-1;;/h1-10H,11-12H2;1-5,7-8H,9H2;1-7H;1H2;. The van der Waals surface area contributed by atoms with Gasteiger partial charge in [-0.1, -0.05) is 60.7 Å². The van der Waals surface area contributed by atoms with Gasteiger partial charge in [-0.05, 0) is 24.0 Å². The van der Waals surface area contributed by atoms with E-state index in [-0.39, 0.29) is 0 Å². The second-order valence-corrected chi connectivity index (χ2v) is 13.6. The first-order valence-corrected chi connectivity index (χ1v) is 16.3. The van der Waals surface area contributed by atoms with Crippen molar-refractivity contribution >= 4 is 14.8 Å². The Hall–Kier alpha value is -3.58. The Balaban J connectivity index is 0.000000161. The average Bonchev–Trinajstić information content (AvgIpc) is 3.59. The second kappa shape index (κ2) is 11.4. The van der Waals surface area contributed by atoms with Crippen LogP contribution in [0.5, 0.6) is 0 Å². The van der Waals surface area contributed by atoms with E-state index in [0.29, 0.717) is 4.22 Å². The third-order valence-corrected chi connectivity index (χ3v) is 11.5. The van der Waals surface area contributed by atoms with E-state index in [4.69, 9.17) is 4.82 Å². The molecule has 0 spiro atoms. The van der Waals surface area contributed by atoms with Crippen LogP contribution in [0.15, 0.2) is 133 Å². The predicted octanol–water partition coefficient (Wildman–Crippen LogP) is 8.17. The van der Waals surface area contributed by atoms with Crippen LogP contribution >= 0.6 is 0 Å². The van der Waals surface area contributed by atoms with Crippen LogP contribution in [0, 0.1) is 0 Å². The molecule has 0 saturated heterocycles. The molecule has 0 radical (unpaired) electrons. The molecule has 7 rings (SSSR count). The zero-order valence-corrected chi connectivity index (χ0v) is 23.2. The minimum Gasteiger partial charge on any atom is -0.0622 e. The zero-order chi connectivity index (χ0) is 25.7. The quantitative estimate of drug-likeness (QED) is 0.200. The molecule has 0 aromatic heterocycles. The Morgan fingerprint density at radius 1 is 0.605 bits per heavy atom. The number of hydrogen-bond acceptors (Lipinski definition) is 0. The van der Waals surface area contributed by atoms with Gasteiger partial charge in [-0.15, -0.1) is 0 Å². The summed E-state index contributed by atoms with van der Waals surface area (Å²) in [7, 11) is 0. The molecular formula is C37H32Ti. The van der Waals surface area contributed by atoms with Crippen LogP contribution < -0.4 is 3.87 Å². The van der Waals surface area contributed by atoms with Crippen molar-refractivity contribution in [2.45, 2.75) is 23.5 Å². The number of benzene rings is 5. The Labute approximate surface area is 232 Å². The largest absolute Gasteiger partial charge is 0.0622 e. The third kappa shape index (κ3) is 5.21. The van der Waals surface area contributed by atoms with Gasteiger partial charge in [-0.25, -0.2) is 0 Å². The van der Waals surface area contributed by atoms with E-state index in [1.807, 2.05) is 0 Å². The average molecular weight is 525 g/mol. The van der Waals surface area contributed by atoms with E-state index >= 15 is 0 Å². The van der Waals surface area contributed by atoms with Gasteiger partial charge in [0.25, 0.3) is 0 Å². The first-order chi connectivity index (χ1) is 18.8. The fraction of sp³-hybridized carbons (Fsp3) is 0.108. The van der Waals surface area contributed by atoms with Crippen molar-refractivity contribution in [1.29, 1.82) is 0 Å². The van der Waals surface area contributed by atoms with E-state index in [2.05, 4.69) is 140 Å². The van der Waals surface area contributed by atoms with E-state index in [1.54, 1.807) is 9.43 Å². The molecular weight excluding hydrogens is 492 g/mol. The predicted molar refractivity (Wildman–Crippen MR) is 160 cm³/mol. The Kier molecular flexibility index (Phi) is 7.45. The smallest absolute Gasteiger partial charge is 0.0238 e. The van der Waals surface area contributed by atoms with Crippen LogP contribution in [-0.2, 0) is 36.7 Å². The Bertz CT molecular complexity index is 1560. The molecule has 0 bridgehead atoms. The van der Waals surface area contributed by atoms with Crippen molar-refractivity contribution in [2.24, 2.45) is 0 Å². The van der Waals surface area contributed by atoms with Gasteiger partial charge in [0, 0.05) is 0 Å². The summed E-state index contributed by atoms with van der Waals surface area (Å²) >= 11 is -1.68. The van der Waals surface area contributed by atoms with Crippen molar-refractivity contribution in [1.82, 2.24) is 0 Å². The van der Waals surface area contributed by atoms with Gasteiger partial charge in [0.2, 0.25) is 0 Å². The Morgan fingerprint density at radius 2 is 1.21 bits per heavy atom. The summed E-state index contributed by atoms with van der Waals surface area (Å²) in [6.45, 7) is 0. The van der Waals surface area contributed by atoms with Crippen molar-refractivity contribution in [2.75, 3.05) is 0 Å². The number of allylic oxidation sites excluding steroid dienone is 1. The minimum atomic E-state index is -1.68. The van der Waals surface area contributed by atoms with Crippen LogP contribution in [0.25, 0.3) is 17.2 Å². The molecule has 0 N–H and O–H groups in total. The fourth-order valence-corrected chi connectivity index (χ4v) is 9.23. The van der Waals surface area contributed by atoms with Crippen LogP contribution in [0.2, 0.25) is 0 Å². The maximum absolute atomic E-state index is 4.74. The maximum atomic E-state index is 4.74. The van der Waals surface area contributed by atoms with Gasteiger partial charge < -0.3 is 0 Å². The normalized spacial score (nSPS) is 14.2. The molecule has 1 atom stereocenters. The monoisotopic (exact) mass is 524 g/mol. The summed E-state index contributed by atoms with van der Waals surface area (Å²) in [4.78, 5) is 4.74. The van der Waals surface area contributed by atoms with Crippen LogP contribution in [0.1, 0.15) is 37.6 Å². The van der Waals surface area contributed by atoms with Gasteiger partial charge in [-0.3, -0.25) is 0 Å². The summed E-state index contributed by atoms with van der Waals surface area (Å²) < 4.78 is 2.10. The minimum absolute atomic E-state index is 0.538. The summed E-state index contributed by atoms with van der Waals surface area (Å²) in [5, 5.41) is 0. The van der Waals surface area contributed by atoms with Crippen LogP contribution in [0.3, 0.4) is 0 Å². The zero-order valence-electron chi connectivity index (χ0n) is 21.7. The molecule has 2 aliphatic carbocycles. The molecule has 5 aromatic carbocycles. The second-order valence-electron chi connectivity index (χ2n) is 10.1. The van der Waals surface area contributed by atoms with Crippen molar-refractivity contribution in [3.63, 3.8) is 0 Å². The molecule has 184 valence electrons. The molecule has 0 heterocycles. The van der Waals surface area contributed by atoms with Crippen molar-refractivity contribution in [3.05, 3.63) is 167 Å². The summed E-state index contributed by atoms with van der Waals surface area (Å²) in [5.41, 5.74) is 11.6. The molecule has 38 heavy (non-hydrogen) atoms. The van der Waals surface area contributed by atoms with Crippen LogP contribution in [-0.4, -0.2) is 4.82 Å². The molecule has 0 saturated carbocycles. The van der Waals surface area contributed by atoms with Gasteiger partial charge >= 0.3 is 149 Å². The summed E-state index contributed by atoms with van der Waals surface area (Å²) in [6, 6.07) is 45.8. The van der Waals surface area contributed by atoms with E-state index in [0.717, 1.165) is 19.3 Å². The van der Waals surface area contributed by atoms with Gasteiger partial charge in [0.05, 0.1) is 0 Å². The SMILES string of the molecule is [CH2]=[Ti]([c]1cccc2c1Cc1ccccc1-2)[CH]1C=Cc2ccccc21.c1ccc(CCc2ccccc2)cc1. The van der Waals surface area contributed by atoms with E-state index < -0.39 is 17.4 Å².